The first-order valence-corrected chi connectivity index (χ1v) is 5.95. The number of piperidine rings is 1. The van der Waals surface area contributed by atoms with Crippen LogP contribution in [0.3, 0.4) is 0 Å². The Kier molecular flexibility index (Phi) is 2.28. The average Bonchev–Trinajstić information content (AvgIpc) is 2.80. The number of fused-ring (bicyclic) bond motifs is 2. The number of nitrogens with zero attached hydrogens (tertiary/aromatic N) is 1. The van der Waals surface area contributed by atoms with Crippen LogP contribution in [0.25, 0.3) is 0 Å². The van der Waals surface area contributed by atoms with Crippen molar-refractivity contribution in [3.05, 3.63) is 24.3 Å². The molecule has 16 heavy (non-hydrogen) atoms. The molecular formula is C13H18N2O. The van der Waals surface area contributed by atoms with E-state index < -0.39 is 0 Å². The van der Waals surface area contributed by atoms with E-state index in [-0.39, 0.29) is 0 Å². The van der Waals surface area contributed by atoms with Gasteiger partial charge in [-0.05, 0) is 37.7 Å². The van der Waals surface area contributed by atoms with Gasteiger partial charge in [-0.2, -0.15) is 0 Å². The van der Waals surface area contributed by atoms with Crippen molar-refractivity contribution < 1.29 is 4.74 Å². The van der Waals surface area contributed by atoms with Crippen molar-refractivity contribution in [1.82, 2.24) is 4.90 Å². The summed E-state index contributed by atoms with van der Waals surface area (Å²) in [4.78, 5) is 2.45. The first-order valence-electron chi connectivity index (χ1n) is 5.95. The van der Waals surface area contributed by atoms with Crippen molar-refractivity contribution in [3.8, 4) is 5.75 Å². The fraction of sp³-hybridized carbons (Fsp3) is 0.538. The number of rotatable bonds is 2. The molecule has 86 valence electrons. The maximum atomic E-state index is 6.03. The van der Waals surface area contributed by atoms with Crippen LogP contribution in [0.15, 0.2) is 24.3 Å². The fourth-order valence-corrected chi connectivity index (χ4v) is 2.99. The zero-order chi connectivity index (χ0) is 11.1. The number of likely N-dealkylation sites (tertiary alicyclic amines) is 1. The largest absolute Gasteiger partial charge is 0.490 e. The molecule has 1 aliphatic carbocycles. The Bertz CT molecular complexity index is 374. The van der Waals surface area contributed by atoms with E-state index in [2.05, 4.69) is 11.9 Å². The first kappa shape index (κ1) is 9.97. The monoisotopic (exact) mass is 218 g/mol. The highest BCUT2D eigenvalue weighted by Gasteiger charge is 2.44. The summed E-state index contributed by atoms with van der Waals surface area (Å²) in [6, 6.07) is 8.46. The molecule has 1 aromatic rings. The molecule has 1 aromatic carbocycles. The zero-order valence-electron chi connectivity index (χ0n) is 9.60. The molecule has 2 aliphatic rings. The van der Waals surface area contributed by atoms with Crippen molar-refractivity contribution in [2.75, 3.05) is 19.3 Å². The van der Waals surface area contributed by atoms with E-state index in [1.807, 2.05) is 24.3 Å². The Hall–Kier alpha value is -1.22. The summed E-state index contributed by atoms with van der Waals surface area (Å²) in [6.07, 6.45) is 2.88. The van der Waals surface area contributed by atoms with Crippen molar-refractivity contribution in [1.29, 1.82) is 0 Å². The van der Waals surface area contributed by atoms with Crippen molar-refractivity contribution in [2.24, 2.45) is 5.92 Å². The molecule has 1 aliphatic heterocycles. The van der Waals surface area contributed by atoms with E-state index in [1.54, 1.807) is 0 Å². The lowest BCUT2D eigenvalue weighted by Crippen LogP contribution is -2.37. The minimum absolute atomic E-state index is 0.407. The molecular weight excluding hydrogens is 200 g/mol. The van der Waals surface area contributed by atoms with Gasteiger partial charge >= 0.3 is 0 Å². The average molecular weight is 218 g/mol. The number of nitrogen functional groups attached to an aromatic ring is 1. The lowest BCUT2D eigenvalue weighted by Gasteiger charge is -2.28. The standard InChI is InChI=1S/C13H18N2O/c1-15-8-9-6-11(15)7-13(9)16-12-4-2-10(14)3-5-12/h2-5,9,11,13H,6-8,14H2,1H3. The minimum Gasteiger partial charge on any atom is -0.490 e. The van der Waals surface area contributed by atoms with Crippen LogP contribution in [0.5, 0.6) is 5.75 Å². The second-order valence-corrected chi connectivity index (χ2v) is 5.05. The summed E-state index contributed by atoms with van der Waals surface area (Å²) in [7, 11) is 2.21. The molecule has 3 nitrogen and oxygen atoms in total. The van der Waals surface area contributed by atoms with E-state index in [9.17, 15) is 0 Å². The van der Waals surface area contributed by atoms with Crippen molar-refractivity contribution >= 4 is 5.69 Å². The molecule has 2 bridgehead atoms. The van der Waals surface area contributed by atoms with Crippen molar-refractivity contribution in [2.45, 2.75) is 25.0 Å². The first-order chi connectivity index (χ1) is 7.72. The number of anilines is 1. The third kappa shape index (κ3) is 1.65. The summed E-state index contributed by atoms with van der Waals surface area (Å²) >= 11 is 0. The van der Waals surface area contributed by atoms with E-state index in [0.717, 1.165) is 17.5 Å². The zero-order valence-corrected chi connectivity index (χ0v) is 9.60. The maximum Gasteiger partial charge on any atom is 0.119 e. The second-order valence-electron chi connectivity index (χ2n) is 5.05. The van der Waals surface area contributed by atoms with Gasteiger partial charge < -0.3 is 15.4 Å². The fourth-order valence-electron chi connectivity index (χ4n) is 2.99. The molecule has 1 heterocycles. The van der Waals surface area contributed by atoms with Crippen LogP contribution in [0.1, 0.15) is 12.8 Å². The summed E-state index contributed by atoms with van der Waals surface area (Å²) < 4.78 is 6.03. The number of nitrogens with two attached hydrogens (primary N) is 1. The Morgan fingerprint density at radius 2 is 2.00 bits per heavy atom. The SMILES string of the molecule is CN1CC2CC1CC2Oc1ccc(N)cc1. The number of benzene rings is 1. The Balaban J connectivity index is 1.66. The van der Waals surface area contributed by atoms with E-state index >= 15 is 0 Å². The maximum absolute atomic E-state index is 6.03. The summed E-state index contributed by atoms with van der Waals surface area (Å²) in [5.41, 5.74) is 6.44. The van der Waals surface area contributed by atoms with Gasteiger partial charge in [0, 0.05) is 30.6 Å². The molecule has 1 saturated heterocycles. The molecule has 2 fully saturated rings. The highest BCUT2D eigenvalue weighted by molar-refractivity contribution is 5.41. The smallest absolute Gasteiger partial charge is 0.119 e. The molecule has 3 rings (SSSR count). The van der Waals surface area contributed by atoms with E-state index in [0.29, 0.717) is 12.0 Å². The molecule has 0 amide bonds. The van der Waals surface area contributed by atoms with Crippen LogP contribution in [-0.4, -0.2) is 30.6 Å². The molecule has 1 saturated carbocycles. The van der Waals surface area contributed by atoms with Crippen LogP contribution < -0.4 is 10.5 Å². The van der Waals surface area contributed by atoms with Gasteiger partial charge in [0.15, 0.2) is 0 Å². The van der Waals surface area contributed by atoms with Gasteiger partial charge in [0.05, 0.1) is 0 Å². The molecule has 0 radical (unpaired) electrons. The lowest BCUT2D eigenvalue weighted by atomic mass is 10.1. The molecule has 3 unspecified atom stereocenters. The minimum atomic E-state index is 0.407. The quantitative estimate of drug-likeness (QED) is 0.768. The van der Waals surface area contributed by atoms with Gasteiger partial charge in [0.1, 0.15) is 11.9 Å². The van der Waals surface area contributed by atoms with Crippen LogP contribution in [0.2, 0.25) is 0 Å². The summed E-state index contributed by atoms with van der Waals surface area (Å²) in [5.74, 6) is 1.67. The predicted octanol–water partition coefficient (Wildman–Crippen LogP) is 1.74. The third-order valence-corrected chi connectivity index (χ3v) is 3.92. The molecule has 3 atom stereocenters. The van der Waals surface area contributed by atoms with Crippen LogP contribution >= 0.6 is 0 Å². The topological polar surface area (TPSA) is 38.5 Å². The van der Waals surface area contributed by atoms with Crippen molar-refractivity contribution in [3.63, 3.8) is 0 Å². The number of hydrogen-bond donors (Lipinski definition) is 1. The van der Waals surface area contributed by atoms with E-state index in [4.69, 9.17) is 10.5 Å². The molecule has 2 N–H and O–H groups in total. The molecule has 3 heteroatoms. The van der Waals surface area contributed by atoms with Gasteiger partial charge in [-0.25, -0.2) is 0 Å². The summed E-state index contributed by atoms with van der Waals surface area (Å²) in [5, 5.41) is 0. The van der Waals surface area contributed by atoms with Gasteiger partial charge in [-0.3, -0.25) is 0 Å². The van der Waals surface area contributed by atoms with Gasteiger partial charge in [-0.1, -0.05) is 0 Å². The van der Waals surface area contributed by atoms with E-state index in [1.165, 1.54) is 19.4 Å². The molecule has 0 spiro atoms. The van der Waals surface area contributed by atoms with Crippen LogP contribution in [-0.2, 0) is 0 Å². The Morgan fingerprint density at radius 1 is 1.25 bits per heavy atom. The predicted molar refractivity (Wildman–Crippen MR) is 64.4 cm³/mol. The van der Waals surface area contributed by atoms with Crippen LogP contribution in [0.4, 0.5) is 5.69 Å². The van der Waals surface area contributed by atoms with Gasteiger partial charge in [0.25, 0.3) is 0 Å². The highest BCUT2D eigenvalue weighted by Crippen LogP contribution is 2.38. The lowest BCUT2D eigenvalue weighted by molar-refractivity contribution is 0.105. The van der Waals surface area contributed by atoms with Gasteiger partial charge in [0.2, 0.25) is 0 Å². The number of hydrogen-bond acceptors (Lipinski definition) is 3. The summed E-state index contributed by atoms with van der Waals surface area (Å²) in [6.45, 7) is 1.18. The number of ether oxygens (including phenoxy) is 1. The third-order valence-electron chi connectivity index (χ3n) is 3.92. The normalized spacial score (nSPS) is 33.2. The van der Waals surface area contributed by atoms with Crippen LogP contribution in [0, 0.1) is 5.92 Å². The highest BCUT2D eigenvalue weighted by atomic mass is 16.5. The Labute approximate surface area is 96.2 Å². The van der Waals surface area contributed by atoms with Gasteiger partial charge in [-0.15, -0.1) is 0 Å². The Morgan fingerprint density at radius 3 is 2.56 bits per heavy atom. The molecule has 0 aromatic heterocycles. The second kappa shape index (κ2) is 3.67.